The van der Waals surface area contributed by atoms with Crippen LogP contribution in [0, 0.1) is 10.1 Å². The van der Waals surface area contributed by atoms with Gasteiger partial charge in [0.2, 0.25) is 0 Å². The predicted molar refractivity (Wildman–Crippen MR) is 142 cm³/mol. The molecule has 1 heterocycles. The van der Waals surface area contributed by atoms with Crippen molar-refractivity contribution in [2.75, 3.05) is 13.1 Å². The van der Waals surface area contributed by atoms with E-state index in [1.807, 2.05) is 13.8 Å². The molecule has 0 aliphatic carbocycles. The van der Waals surface area contributed by atoms with Crippen LogP contribution < -0.4 is 9.47 Å². The summed E-state index contributed by atoms with van der Waals surface area (Å²) in [7, 11) is 0. The number of unbranched alkanes of at least 4 members (excludes halogenated alkanes) is 2. The maximum atomic E-state index is 13.9. The molecule has 2 aromatic carbocycles. The van der Waals surface area contributed by atoms with E-state index in [1.54, 1.807) is 36.4 Å². The number of hydrogen-bond acceptors (Lipinski definition) is 7. The number of rotatable bonds is 14. The van der Waals surface area contributed by atoms with Crippen LogP contribution in [0.5, 0.6) is 11.5 Å². The molecule has 0 bridgehead atoms. The average Bonchev–Trinajstić information content (AvgIpc) is 3.22. The quantitative estimate of drug-likeness (QED) is 0.0735. The van der Waals surface area contributed by atoms with Gasteiger partial charge >= 0.3 is 12.0 Å². The molecule has 0 saturated carbocycles. The Kier molecular flexibility index (Phi) is 9.80. The maximum Gasteiger partial charge on any atom is 0.392 e. The SMILES string of the molecule is CCCCN(CCCC)C(CC)Oc1cc2c(c(C(=O)c3ccccc3)c1C(C)C)C([N+](=O)[O-])C(=O)O2. The lowest BCUT2D eigenvalue weighted by molar-refractivity contribution is -0.513. The molecule has 0 spiro atoms. The number of ether oxygens (including phenoxy) is 2. The van der Waals surface area contributed by atoms with Crippen molar-refractivity contribution in [3.63, 3.8) is 0 Å². The normalized spacial score (nSPS) is 15.5. The zero-order valence-corrected chi connectivity index (χ0v) is 22.5. The van der Waals surface area contributed by atoms with Crippen LogP contribution in [0.15, 0.2) is 36.4 Å². The lowest BCUT2D eigenvalue weighted by Crippen LogP contribution is -2.40. The lowest BCUT2D eigenvalue weighted by atomic mass is 9.85. The molecule has 200 valence electrons. The van der Waals surface area contributed by atoms with Crippen LogP contribution >= 0.6 is 0 Å². The summed E-state index contributed by atoms with van der Waals surface area (Å²) in [6.45, 7) is 12.0. The van der Waals surface area contributed by atoms with E-state index in [0.717, 1.165) is 38.8 Å². The van der Waals surface area contributed by atoms with E-state index in [4.69, 9.17) is 9.47 Å². The van der Waals surface area contributed by atoms with Crippen molar-refractivity contribution >= 4 is 11.8 Å². The van der Waals surface area contributed by atoms with Crippen molar-refractivity contribution in [2.24, 2.45) is 0 Å². The van der Waals surface area contributed by atoms with Crippen LogP contribution in [-0.2, 0) is 4.79 Å². The highest BCUT2D eigenvalue weighted by molar-refractivity contribution is 6.13. The Bertz CT molecular complexity index is 1110. The molecule has 2 unspecified atom stereocenters. The zero-order chi connectivity index (χ0) is 27.1. The fraction of sp³-hybridized carbons (Fsp3) is 0.517. The lowest BCUT2D eigenvalue weighted by Gasteiger charge is -2.33. The summed E-state index contributed by atoms with van der Waals surface area (Å²) in [4.78, 5) is 40.0. The molecule has 8 nitrogen and oxygen atoms in total. The number of nitro groups is 1. The highest BCUT2D eigenvalue weighted by Gasteiger charge is 2.48. The highest BCUT2D eigenvalue weighted by atomic mass is 16.6. The summed E-state index contributed by atoms with van der Waals surface area (Å²) >= 11 is 0. The third kappa shape index (κ3) is 6.18. The van der Waals surface area contributed by atoms with E-state index >= 15 is 0 Å². The summed E-state index contributed by atoms with van der Waals surface area (Å²) in [5.74, 6) is -1.14. The Morgan fingerprint density at radius 1 is 1.11 bits per heavy atom. The molecule has 0 N–H and O–H groups in total. The standard InChI is InChI=1S/C29H38N2O6/c1-6-9-16-30(17-10-7-2)23(8-3)36-21-18-22-25(27(31(34)35)29(33)37-22)26(24(21)19(4)5)28(32)20-14-12-11-13-15-20/h11-15,18-19,23,27H,6-10,16-17H2,1-5H3. The topological polar surface area (TPSA) is 99.0 Å². The van der Waals surface area contributed by atoms with Crippen molar-refractivity contribution in [1.82, 2.24) is 4.90 Å². The summed E-state index contributed by atoms with van der Waals surface area (Å²) in [6.07, 6.45) is 4.64. The molecular weight excluding hydrogens is 472 g/mol. The molecule has 2 aromatic rings. The first-order valence-corrected chi connectivity index (χ1v) is 13.3. The smallest absolute Gasteiger partial charge is 0.392 e. The van der Waals surface area contributed by atoms with Crippen LogP contribution in [0.3, 0.4) is 0 Å². The molecule has 1 aliphatic heterocycles. The van der Waals surface area contributed by atoms with Crippen molar-refractivity contribution in [2.45, 2.75) is 84.9 Å². The number of fused-ring (bicyclic) bond motifs is 1. The van der Waals surface area contributed by atoms with Crippen LogP contribution in [0.4, 0.5) is 0 Å². The largest absolute Gasteiger partial charge is 0.475 e. The number of carbonyl (C=O) groups is 2. The minimum atomic E-state index is -1.75. The molecule has 37 heavy (non-hydrogen) atoms. The van der Waals surface area contributed by atoms with E-state index in [-0.39, 0.29) is 29.0 Å². The van der Waals surface area contributed by atoms with Crippen LogP contribution in [0.2, 0.25) is 0 Å². The van der Waals surface area contributed by atoms with Gasteiger partial charge in [-0.1, -0.05) is 77.8 Å². The molecule has 0 fully saturated rings. The van der Waals surface area contributed by atoms with E-state index in [9.17, 15) is 19.7 Å². The highest BCUT2D eigenvalue weighted by Crippen LogP contribution is 2.46. The van der Waals surface area contributed by atoms with Gasteiger partial charge in [0.1, 0.15) is 11.5 Å². The molecule has 8 heteroatoms. The molecule has 0 radical (unpaired) electrons. The second-order valence-corrected chi connectivity index (χ2v) is 9.76. The monoisotopic (exact) mass is 510 g/mol. The summed E-state index contributed by atoms with van der Waals surface area (Å²) in [6, 6.07) is 8.41. The van der Waals surface area contributed by atoms with Crippen molar-refractivity contribution in [3.8, 4) is 11.5 Å². The second kappa shape index (κ2) is 12.8. The third-order valence-electron chi connectivity index (χ3n) is 6.71. The minimum Gasteiger partial charge on any atom is -0.475 e. The molecule has 3 rings (SSSR count). The van der Waals surface area contributed by atoms with Gasteiger partial charge in [-0.2, -0.15) is 0 Å². The van der Waals surface area contributed by atoms with Gasteiger partial charge in [0.25, 0.3) is 0 Å². The van der Waals surface area contributed by atoms with Gasteiger partial charge in [-0.15, -0.1) is 0 Å². The Morgan fingerprint density at radius 3 is 2.24 bits per heavy atom. The number of esters is 1. The van der Waals surface area contributed by atoms with E-state index in [2.05, 4.69) is 25.7 Å². The number of hydrogen-bond donors (Lipinski definition) is 0. The first-order chi connectivity index (χ1) is 17.7. The van der Waals surface area contributed by atoms with E-state index < -0.39 is 22.7 Å². The molecule has 0 aromatic heterocycles. The van der Waals surface area contributed by atoms with E-state index in [0.29, 0.717) is 23.3 Å². The molecule has 0 saturated heterocycles. The van der Waals surface area contributed by atoms with Gasteiger partial charge in [0.05, 0.1) is 5.56 Å². The van der Waals surface area contributed by atoms with Gasteiger partial charge in [0, 0.05) is 40.8 Å². The van der Waals surface area contributed by atoms with Gasteiger partial charge < -0.3 is 9.47 Å². The van der Waals surface area contributed by atoms with Gasteiger partial charge in [0.15, 0.2) is 12.0 Å². The maximum absolute atomic E-state index is 13.9. The Morgan fingerprint density at radius 2 is 1.73 bits per heavy atom. The summed E-state index contributed by atoms with van der Waals surface area (Å²) < 4.78 is 12.0. The fourth-order valence-corrected chi connectivity index (χ4v) is 4.83. The van der Waals surface area contributed by atoms with Crippen LogP contribution in [0.25, 0.3) is 0 Å². The summed E-state index contributed by atoms with van der Waals surface area (Å²) in [5, 5.41) is 11.9. The van der Waals surface area contributed by atoms with Crippen molar-refractivity contribution in [3.05, 3.63) is 68.8 Å². The molecule has 2 atom stereocenters. The minimum absolute atomic E-state index is 0.0155. The number of ketones is 1. The van der Waals surface area contributed by atoms with Crippen molar-refractivity contribution in [1.29, 1.82) is 0 Å². The number of nitrogens with zero attached hydrogens (tertiary/aromatic N) is 2. The third-order valence-corrected chi connectivity index (χ3v) is 6.71. The van der Waals surface area contributed by atoms with Crippen LogP contribution in [0.1, 0.15) is 106 Å². The van der Waals surface area contributed by atoms with Crippen LogP contribution in [-0.4, -0.2) is 40.9 Å². The van der Waals surface area contributed by atoms with Gasteiger partial charge in [-0.05, 0) is 25.2 Å². The molecular formula is C29H38N2O6. The van der Waals surface area contributed by atoms with Crippen molar-refractivity contribution < 1.29 is 24.0 Å². The zero-order valence-electron chi connectivity index (χ0n) is 22.5. The van der Waals surface area contributed by atoms with E-state index in [1.165, 1.54) is 0 Å². The number of carbonyl (C=O) groups excluding carboxylic acids is 2. The predicted octanol–water partition coefficient (Wildman–Crippen LogP) is 6.29. The fourth-order valence-electron chi connectivity index (χ4n) is 4.83. The average molecular weight is 511 g/mol. The molecule has 0 amide bonds. The Labute approximate surface area is 219 Å². The van der Waals surface area contributed by atoms with Gasteiger partial charge in [-0.3, -0.25) is 19.8 Å². The molecule has 1 aliphatic rings. The second-order valence-electron chi connectivity index (χ2n) is 9.76. The first-order valence-electron chi connectivity index (χ1n) is 13.3. The van der Waals surface area contributed by atoms with Gasteiger partial charge in [-0.25, -0.2) is 4.79 Å². The Hall–Kier alpha value is -3.26. The summed E-state index contributed by atoms with van der Waals surface area (Å²) in [5.41, 5.74) is 1.08. The Balaban J connectivity index is 2.20. The number of benzene rings is 2. The first kappa shape index (κ1) is 28.3.